The van der Waals surface area contributed by atoms with Crippen LogP contribution in [0.4, 0.5) is 11.4 Å². The zero-order valence-electron chi connectivity index (χ0n) is 13.8. The number of hydrogen-bond acceptors (Lipinski definition) is 5. The van der Waals surface area contributed by atoms with Crippen molar-refractivity contribution in [3.8, 4) is 0 Å². The van der Waals surface area contributed by atoms with Crippen LogP contribution in [0.2, 0.25) is 0 Å². The van der Waals surface area contributed by atoms with E-state index in [2.05, 4.69) is 15.5 Å². The maximum Gasteiger partial charge on any atom is 0.245 e. The monoisotopic (exact) mass is 314 g/mol. The fourth-order valence-electron chi connectivity index (χ4n) is 2.76. The lowest BCUT2D eigenvalue weighted by Gasteiger charge is -2.20. The summed E-state index contributed by atoms with van der Waals surface area (Å²) in [6.45, 7) is 7.35. The molecule has 0 aliphatic carbocycles. The van der Waals surface area contributed by atoms with E-state index in [1.54, 1.807) is 0 Å². The van der Waals surface area contributed by atoms with E-state index in [-0.39, 0.29) is 11.8 Å². The predicted molar refractivity (Wildman–Crippen MR) is 88.5 cm³/mol. The summed E-state index contributed by atoms with van der Waals surface area (Å²) >= 11 is 0. The minimum Gasteiger partial charge on any atom is -0.376 e. The Labute approximate surface area is 135 Å². The largest absolute Gasteiger partial charge is 0.376 e. The molecule has 2 heterocycles. The molecule has 1 N–H and O–H groups in total. The first-order valence-corrected chi connectivity index (χ1v) is 8.02. The summed E-state index contributed by atoms with van der Waals surface area (Å²) in [7, 11) is 0. The SMILES string of the molecule is Cc1c(NCc2nc(C(C)C)no2)cccc1N1CCCC1=O. The maximum atomic E-state index is 12.0. The first kappa shape index (κ1) is 15.5. The van der Waals surface area contributed by atoms with Crippen LogP contribution in [-0.2, 0) is 11.3 Å². The minimum atomic E-state index is 0.198. The molecule has 6 heteroatoms. The summed E-state index contributed by atoms with van der Waals surface area (Å²) in [5.74, 6) is 1.73. The summed E-state index contributed by atoms with van der Waals surface area (Å²) in [4.78, 5) is 18.2. The number of amides is 1. The Bertz CT molecular complexity index is 708. The molecule has 1 aliphatic rings. The number of carbonyl (C=O) groups is 1. The Kier molecular flexibility index (Phi) is 4.32. The lowest BCUT2D eigenvalue weighted by Crippen LogP contribution is -2.24. The van der Waals surface area contributed by atoms with Crippen molar-refractivity contribution in [2.45, 2.75) is 46.1 Å². The third-order valence-corrected chi connectivity index (χ3v) is 4.10. The normalized spacial score (nSPS) is 14.8. The van der Waals surface area contributed by atoms with Crippen molar-refractivity contribution in [1.29, 1.82) is 0 Å². The van der Waals surface area contributed by atoms with Crippen LogP contribution in [0.3, 0.4) is 0 Å². The number of aromatic nitrogens is 2. The van der Waals surface area contributed by atoms with Gasteiger partial charge in [0.2, 0.25) is 11.8 Å². The maximum absolute atomic E-state index is 12.0. The van der Waals surface area contributed by atoms with Crippen molar-refractivity contribution in [3.63, 3.8) is 0 Å². The van der Waals surface area contributed by atoms with Crippen molar-refractivity contribution in [2.75, 3.05) is 16.8 Å². The molecule has 0 spiro atoms. The second-order valence-electron chi connectivity index (χ2n) is 6.15. The summed E-state index contributed by atoms with van der Waals surface area (Å²) in [6, 6.07) is 5.95. The average Bonchev–Trinajstić information content (AvgIpc) is 3.15. The van der Waals surface area contributed by atoms with Gasteiger partial charge < -0.3 is 14.7 Å². The van der Waals surface area contributed by atoms with Gasteiger partial charge in [-0.3, -0.25) is 4.79 Å². The summed E-state index contributed by atoms with van der Waals surface area (Å²) in [6.07, 6.45) is 1.56. The molecular formula is C17H22N4O2. The quantitative estimate of drug-likeness (QED) is 0.917. The first-order chi connectivity index (χ1) is 11.1. The highest BCUT2D eigenvalue weighted by atomic mass is 16.5. The van der Waals surface area contributed by atoms with Crippen molar-refractivity contribution < 1.29 is 9.32 Å². The Balaban J connectivity index is 1.74. The molecular weight excluding hydrogens is 292 g/mol. The predicted octanol–water partition coefficient (Wildman–Crippen LogP) is 3.24. The van der Waals surface area contributed by atoms with Gasteiger partial charge in [-0.2, -0.15) is 4.98 Å². The number of nitrogens with zero attached hydrogens (tertiary/aromatic N) is 3. The number of benzene rings is 1. The molecule has 0 radical (unpaired) electrons. The molecule has 1 aromatic carbocycles. The Morgan fingerprint density at radius 1 is 1.39 bits per heavy atom. The summed E-state index contributed by atoms with van der Waals surface area (Å²) in [5.41, 5.74) is 3.02. The molecule has 0 unspecified atom stereocenters. The summed E-state index contributed by atoms with van der Waals surface area (Å²) < 4.78 is 5.25. The zero-order valence-corrected chi connectivity index (χ0v) is 13.8. The van der Waals surface area contributed by atoms with E-state index in [4.69, 9.17) is 4.52 Å². The van der Waals surface area contributed by atoms with Crippen LogP contribution in [0.25, 0.3) is 0 Å². The molecule has 23 heavy (non-hydrogen) atoms. The first-order valence-electron chi connectivity index (χ1n) is 8.02. The van der Waals surface area contributed by atoms with Crippen LogP contribution in [0.1, 0.15) is 49.9 Å². The van der Waals surface area contributed by atoms with Gasteiger partial charge in [0.15, 0.2) is 5.82 Å². The highest BCUT2D eigenvalue weighted by Crippen LogP contribution is 2.30. The molecule has 1 saturated heterocycles. The second-order valence-corrected chi connectivity index (χ2v) is 6.15. The van der Waals surface area contributed by atoms with Crippen molar-refractivity contribution >= 4 is 17.3 Å². The lowest BCUT2D eigenvalue weighted by atomic mass is 10.1. The van der Waals surface area contributed by atoms with Crippen LogP contribution in [0.15, 0.2) is 22.7 Å². The molecule has 6 nitrogen and oxygen atoms in total. The van der Waals surface area contributed by atoms with Gasteiger partial charge in [-0.25, -0.2) is 0 Å². The van der Waals surface area contributed by atoms with E-state index in [9.17, 15) is 4.79 Å². The molecule has 0 atom stereocenters. The molecule has 1 aromatic heterocycles. The van der Waals surface area contributed by atoms with Crippen molar-refractivity contribution in [2.24, 2.45) is 0 Å². The molecule has 0 bridgehead atoms. The number of anilines is 2. The molecule has 1 amide bonds. The van der Waals surface area contributed by atoms with E-state index in [1.165, 1.54) is 0 Å². The van der Waals surface area contributed by atoms with E-state index in [0.29, 0.717) is 18.9 Å². The van der Waals surface area contributed by atoms with Crippen molar-refractivity contribution in [3.05, 3.63) is 35.5 Å². The fraction of sp³-hybridized carbons (Fsp3) is 0.471. The number of nitrogens with one attached hydrogen (secondary N) is 1. The Morgan fingerprint density at radius 3 is 2.87 bits per heavy atom. The average molecular weight is 314 g/mol. The molecule has 3 rings (SSSR count). The highest BCUT2D eigenvalue weighted by molar-refractivity contribution is 5.96. The topological polar surface area (TPSA) is 71.3 Å². The van der Waals surface area contributed by atoms with Gasteiger partial charge >= 0.3 is 0 Å². The third-order valence-electron chi connectivity index (χ3n) is 4.10. The highest BCUT2D eigenvalue weighted by Gasteiger charge is 2.23. The Hall–Kier alpha value is -2.37. The van der Waals surface area contributed by atoms with Gasteiger partial charge in [0, 0.05) is 30.3 Å². The van der Waals surface area contributed by atoms with Gasteiger partial charge in [-0.15, -0.1) is 0 Å². The number of hydrogen-bond donors (Lipinski definition) is 1. The second kappa shape index (κ2) is 6.40. The van der Waals surface area contributed by atoms with Gasteiger partial charge in [-0.1, -0.05) is 25.1 Å². The van der Waals surface area contributed by atoms with Gasteiger partial charge in [0.1, 0.15) is 0 Å². The van der Waals surface area contributed by atoms with Crippen LogP contribution in [0, 0.1) is 6.92 Å². The third kappa shape index (κ3) is 3.21. The zero-order chi connectivity index (χ0) is 16.4. The van der Waals surface area contributed by atoms with Crippen molar-refractivity contribution in [1.82, 2.24) is 10.1 Å². The van der Waals surface area contributed by atoms with E-state index in [1.807, 2.05) is 43.9 Å². The van der Waals surface area contributed by atoms with Crippen LogP contribution < -0.4 is 10.2 Å². The van der Waals surface area contributed by atoms with Crippen LogP contribution in [0.5, 0.6) is 0 Å². The standard InChI is InChI=1S/C17H22N4O2/c1-11(2)17-19-15(23-20-17)10-18-13-6-4-7-14(12(13)3)21-9-5-8-16(21)22/h4,6-7,11,18H,5,8-10H2,1-3H3. The smallest absolute Gasteiger partial charge is 0.245 e. The van der Waals surface area contributed by atoms with E-state index < -0.39 is 0 Å². The van der Waals surface area contributed by atoms with Gasteiger partial charge in [0.05, 0.1) is 6.54 Å². The van der Waals surface area contributed by atoms with Gasteiger partial charge in [0.25, 0.3) is 0 Å². The molecule has 2 aromatic rings. The molecule has 0 saturated carbocycles. The van der Waals surface area contributed by atoms with E-state index >= 15 is 0 Å². The fourth-order valence-corrected chi connectivity index (χ4v) is 2.76. The summed E-state index contributed by atoms with van der Waals surface area (Å²) in [5, 5.41) is 7.29. The molecule has 122 valence electrons. The van der Waals surface area contributed by atoms with Gasteiger partial charge in [-0.05, 0) is 31.0 Å². The molecule has 1 aliphatic heterocycles. The number of rotatable bonds is 5. The van der Waals surface area contributed by atoms with E-state index in [0.717, 1.165) is 35.7 Å². The minimum absolute atomic E-state index is 0.198. The number of carbonyl (C=O) groups excluding carboxylic acids is 1. The lowest BCUT2D eigenvalue weighted by molar-refractivity contribution is -0.117. The van der Waals surface area contributed by atoms with Crippen LogP contribution >= 0.6 is 0 Å². The molecule has 1 fully saturated rings. The Morgan fingerprint density at radius 2 is 2.22 bits per heavy atom. The van der Waals surface area contributed by atoms with Crippen LogP contribution in [-0.4, -0.2) is 22.6 Å².